The number of nitrogens with one attached hydrogen (secondary N) is 2. The fourth-order valence-corrected chi connectivity index (χ4v) is 4.34. The Hall–Kier alpha value is -1.65. The number of benzene rings is 1. The van der Waals surface area contributed by atoms with Crippen molar-refractivity contribution in [2.24, 2.45) is 4.99 Å². The van der Waals surface area contributed by atoms with E-state index in [1.807, 2.05) is 25.2 Å². The Bertz CT molecular complexity index is 868. The molecule has 2 aliphatic rings. The molecule has 1 saturated carbocycles. The smallest absolute Gasteiger partial charge is 0.225 e. The predicted octanol–water partition coefficient (Wildman–Crippen LogP) is 3.16. The molecule has 32 heavy (non-hydrogen) atoms. The van der Waals surface area contributed by atoms with E-state index >= 15 is 0 Å². The third kappa shape index (κ3) is 6.68. The minimum atomic E-state index is 0. The minimum absolute atomic E-state index is 0. The van der Waals surface area contributed by atoms with Crippen LogP contribution in [-0.2, 0) is 5.41 Å². The summed E-state index contributed by atoms with van der Waals surface area (Å²) in [5.74, 6) is 1.71. The Balaban J connectivity index is 0.00000289. The van der Waals surface area contributed by atoms with Crippen molar-refractivity contribution in [3.05, 3.63) is 53.3 Å². The van der Waals surface area contributed by atoms with E-state index < -0.39 is 0 Å². The molecule has 9 heteroatoms. The van der Waals surface area contributed by atoms with Crippen molar-refractivity contribution < 1.29 is 0 Å². The standard InChI is InChI=1S/C23H32ClN7.HI/c1-25-21(29-18-23(7-8-23)19-5-2-6-20(24)17-19)26-11-4-12-30-13-15-31(16-14-30)22-27-9-3-10-28-22;/h2-3,5-6,9-10,17H,4,7-8,11-16,18H2,1H3,(H2,25,26,29);1H. The molecule has 0 atom stereocenters. The molecule has 0 amide bonds. The monoisotopic (exact) mass is 569 g/mol. The maximum absolute atomic E-state index is 6.19. The van der Waals surface area contributed by atoms with Gasteiger partial charge in [0.2, 0.25) is 5.95 Å². The molecule has 1 saturated heterocycles. The average molecular weight is 570 g/mol. The lowest BCUT2D eigenvalue weighted by molar-refractivity contribution is 0.254. The molecule has 0 spiro atoms. The summed E-state index contributed by atoms with van der Waals surface area (Å²) in [5, 5.41) is 7.79. The SMILES string of the molecule is CN=C(NCCCN1CCN(c2ncccn2)CC1)NCC1(c2cccc(Cl)c2)CC1.I. The maximum Gasteiger partial charge on any atom is 0.225 e. The van der Waals surface area contributed by atoms with Crippen LogP contribution in [0, 0.1) is 0 Å². The molecule has 0 radical (unpaired) electrons. The highest BCUT2D eigenvalue weighted by Crippen LogP contribution is 2.48. The number of aliphatic imine (C=N–C) groups is 1. The van der Waals surface area contributed by atoms with Crippen molar-refractivity contribution >= 4 is 47.5 Å². The summed E-state index contributed by atoms with van der Waals surface area (Å²) in [4.78, 5) is 17.9. The molecule has 1 aliphatic heterocycles. The van der Waals surface area contributed by atoms with Gasteiger partial charge in [0, 0.05) is 69.1 Å². The molecular weight excluding hydrogens is 537 g/mol. The first-order valence-electron chi connectivity index (χ1n) is 11.1. The number of rotatable bonds is 8. The topological polar surface area (TPSA) is 68.7 Å². The number of aromatic nitrogens is 2. The lowest BCUT2D eigenvalue weighted by Crippen LogP contribution is -2.48. The maximum atomic E-state index is 6.19. The van der Waals surface area contributed by atoms with Gasteiger partial charge in [0.25, 0.3) is 0 Å². The molecule has 7 nitrogen and oxygen atoms in total. The Labute approximate surface area is 213 Å². The quantitative estimate of drug-likeness (QED) is 0.220. The first-order chi connectivity index (χ1) is 15.2. The normalized spacial score (nSPS) is 18.1. The lowest BCUT2D eigenvalue weighted by Gasteiger charge is -2.34. The highest BCUT2D eigenvalue weighted by Gasteiger charge is 2.44. The highest BCUT2D eigenvalue weighted by atomic mass is 127. The summed E-state index contributed by atoms with van der Waals surface area (Å²) in [6.07, 6.45) is 7.08. The second-order valence-corrected chi connectivity index (χ2v) is 8.81. The van der Waals surface area contributed by atoms with Gasteiger partial charge in [0.05, 0.1) is 0 Å². The van der Waals surface area contributed by atoms with Gasteiger partial charge in [-0.2, -0.15) is 0 Å². The first kappa shape index (κ1) is 25.0. The third-order valence-electron chi connectivity index (χ3n) is 6.26. The van der Waals surface area contributed by atoms with E-state index in [0.717, 1.165) is 69.2 Å². The van der Waals surface area contributed by atoms with E-state index in [1.165, 1.54) is 18.4 Å². The Morgan fingerprint density at radius 3 is 2.50 bits per heavy atom. The molecule has 2 fully saturated rings. The molecule has 2 aromatic rings. The second-order valence-electron chi connectivity index (χ2n) is 8.37. The van der Waals surface area contributed by atoms with Crippen LogP contribution in [0.2, 0.25) is 5.02 Å². The number of guanidine groups is 1. The van der Waals surface area contributed by atoms with Crippen molar-refractivity contribution in [2.45, 2.75) is 24.7 Å². The summed E-state index contributed by atoms with van der Waals surface area (Å²) in [7, 11) is 1.83. The van der Waals surface area contributed by atoms with Crippen molar-refractivity contribution in [1.29, 1.82) is 0 Å². The van der Waals surface area contributed by atoms with Crippen LogP contribution in [-0.4, -0.2) is 73.7 Å². The van der Waals surface area contributed by atoms with Crippen LogP contribution in [0.1, 0.15) is 24.8 Å². The molecule has 174 valence electrons. The van der Waals surface area contributed by atoms with E-state index in [9.17, 15) is 0 Å². The molecule has 4 rings (SSSR count). The summed E-state index contributed by atoms with van der Waals surface area (Å²) >= 11 is 6.19. The van der Waals surface area contributed by atoms with Gasteiger partial charge in [-0.1, -0.05) is 23.7 Å². The van der Waals surface area contributed by atoms with E-state index in [0.29, 0.717) is 0 Å². The Morgan fingerprint density at radius 1 is 1.09 bits per heavy atom. The largest absolute Gasteiger partial charge is 0.356 e. The van der Waals surface area contributed by atoms with E-state index in [2.05, 4.69) is 47.5 Å². The van der Waals surface area contributed by atoms with Gasteiger partial charge in [-0.3, -0.25) is 9.89 Å². The molecule has 0 bridgehead atoms. The Kier molecular flexibility index (Phi) is 9.36. The van der Waals surface area contributed by atoms with Gasteiger partial charge in [-0.25, -0.2) is 9.97 Å². The summed E-state index contributed by atoms with van der Waals surface area (Å²) in [6, 6.07) is 10.1. The molecular formula is C23H33ClIN7. The van der Waals surface area contributed by atoms with Crippen molar-refractivity contribution in [2.75, 3.05) is 57.8 Å². The lowest BCUT2D eigenvalue weighted by atomic mass is 9.96. The number of halogens is 2. The number of anilines is 1. The number of hydrogen-bond donors (Lipinski definition) is 2. The van der Waals surface area contributed by atoms with Crippen LogP contribution in [0.4, 0.5) is 5.95 Å². The van der Waals surface area contributed by atoms with Crippen molar-refractivity contribution in [3.63, 3.8) is 0 Å². The fourth-order valence-electron chi connectivity index (χ4n) is 4.15. The van der Waals surface area contributed by atoms with E-state index in [4.69, 9.17) is 11.6 Å². The number of piperazine rings is 1. The van der Waals surface area contributed by atoms with Gasteiger partial charge in [-0.05, 0) is 49.6 Å². The van der Waals surface area contributed by atoms with Crippen LogP contribution < -0.4 is 15.5 Å². The zero-order chi connectivity index (χ0) is 21.5. The number of nitrogens with zero attached hydrogens (tertiary/aromatic N) is 5. The van der Waals surface area contributed by atoms with Crippen LogP contribution >= 0.6 is 35.6 Å². The van der Waals surface area contributed by atoms with Gasteiger partial charge < -0.3 is 15.5 Å². The molecule has 2 heterocycles. The summed E-state index contributed by atoms with van der Waals surface area (Å²) in [6.45, 7) is 6.93. The van der Waals surface area contributed by atoms with E-state index in [-0.39, 0.29) is 29.4 Å². The van der Waals surface area contributed by atoms with Crippen LogP contribution in [0.5, 0.6) is 0 Å². The van der Waals surface area contributed by atoms with Crippen LogP contribution in [0.25, 0.3) is 0 Å². The Morgan fingerprint density at radius 2 is 1.84 bits per heavy atom. The van der Waals surface area contributed by atoms with Gasteiger partial charge >= 0.3 is 0 Å². The number of hydrogen-bond acceptors (Lipinski definition) is 5. The summed E-state index contributed by atoms with van der Waals surface area (Å²) in [5.41, 5.74) is 1.52. The van der Waals surface area contributed by atoms with Crippen molar-refractivity contribution in [1.82, 2.24) is 25.5 Å². The van der Waals surface area contributed by atoms with Gasteiger partial charge in [0.15, 0.2) is 5.96 Å². The summed E-state index contributed by atoms with van der Waals surface area (Å²) < 4.78 is 0. The molecule has 1 aromatic heterocycles. The van der Waals surface area contributed by atoms with Crippen molar-refractivity contribution in [3.8, 4) is 0 Å². The molecule has 1 aliphatic carbocycles. The highest BCUT2D eigenvalue weighted by molar-refractivity contribution is 14.0. The fraction of sp³-hybridized carbons (Fsp3) is 0.522. The zero-order valence-electron chi connectivity index (χ0n) is 18.6. The average Bonchev–Trinajstić information content (AvgIpc) is 3.61. The molecule has 2 N–H and O–H groups in total. The zero-order valence-corrected chi connectivity index (χ0v) is 21.7. The van der Waals surface area contributed by atoms with Gasteiger partial charge in [0.1, 0.15) is 0 Å². The van der Waals surface area contributed by atoms with Crippen LogP contribution in [0.3, 0.4) is 0 Å². The second kappa shape index (κ2) is 12.0. The molecule has 1 aromatic carbocycles. The molecule has 0 unspecified atom stereocenters. The third-order valence-corrected chi connectivity index (χ3v) is 6.49. The van der Waals surface area contributed by atoms with E-state index in [1.54, 1.807) is 12.4 Å². The minimum Gasteiger partial charge on any atom is -0.356 e. The first-order valence-corrected chi connectivity index (χ1v) is 11.5. The predicted molar refractivity (Wildman–Crippen MR) is 142 cm³/mol. The van der Waals surface area contributed by atoms with Crippen LogP contribution in [0.15, 0.2) is 47.7 Å². The van der Waals surface area contributed by atoms with Gasteiger partial charge in [-0.15, -0.1) is 24.0 Å².